The number of aryl methyl sites for hydroxylation is 1. The first kappa shape index (κ1) is 20.7. The molecule has 0 radical (unpaired) electrons. The molecule has 150 valence electrons. The minimum absolute atomic E-state index is 0. The second kappa shape index (κ2) is 9.44. The molecule has 1 saturated heterocycles. The molecule has 2 aromatic carbocycles. The third-order valence-electron chi connectivity index (χ3n) is 5.84. The molecule has 2 unspecified atom stereocenters. The Kier molecular flexibility index (Phi) is 6.97. The zero-order valence-corrected chi connectivity index (χ0v) is 17.2. The topological polar surface area (TPSA) is 41.6 Å². The highest BCUT2D eigenvalue weighted by Crippen LogP contribution is 2.36. The maximum Gasteiger partial charge on any atom is 0.223 e. The Morgan fingerprint density at radius 2 is 1.96 bits per heavy atom. The second-order valence-electron chi connectivity index (χ2n) is 7.48. The average Bonchev–Trinajstić information content (AvgIpc) is 2.74. The van der Waals surface area contributed by atoms with Gasteiger partial charge in [-0.2, -0.15) is 0 Å². The van der Waals surface area contributed by atoms with E-state index in [9.17, 15) is 4.79 Å². The fraction of sp³-hybridized carbons (Fsp3) is 0.435. The maximum atomic E-state index is 13.2. The van der Waals surface area contributed by atoms with Crippen molar-refractivity contribution in [3.05, 3.63) is 65.2 Å². The summed E-state index contributed by atoms with van der Waals surface area (Å²) in [5.74, 6) is 1.44. The molecule has 0 saturated carbocycles. The van der Waals surface area contributed by atoms with Crippen molar-refractivity contribution in [2.45, 2.75) is 38.1 Å². The lowest BCUT2D eigenvalue weighted by atomic mass is 9.89. The summed E-state index contributed by atoms with van der Waals surface area (Å²) in [4.78, 5) is 15.3. The van der Waals surface area contributed by atoms with Crippen LogP contribution in [0.2, 0.25) is 0 Å². The van der Waals surface area contributed by atoms with Crippen molar-refractivity contribution in [1.82, 2.24) is 10.2 Å². The molecule has 2 atom stereocenters. The Morgan fingerprint density at radius 1 is 1.18 bits per heavy atom. The van der Waals surface area contributed by atoms with Gasteiger partial charge in [0.25, 0.3) is 0 Å². The Labute approximate surface area is 173 Å². The van der Waals surface area contributed by atoms with Gasteiger partial charge in [-0.05, 0) is 41.5 Å². The van der Waals surface area contributed by atoms with Crippen molar-refractivity contribution >= 4 is 18.3 Å². The number of nitrogens with one attached hydrogen (secondary N) is 1. The first-order valence-electron chi connectivity index (χ1n) is 10.1. The number of rotatable bonds is 4. The van der Waals surface area contributed by atoms with Crippen LogP contribution in [0.15, 0.2) is 48.5 Å². The SMILES string of the molecule is CCc1ccc(C2CNCCN2C(=O)CC2CCOc3ccccc32)cc1.Cl. The van der Waals surface area contributed by atoms with Crippen LogP contribution in [-0.2, 0) is 11.2 Å². The third kappa shape index (κ3) is 4.34. The first-order chi connectivity index (χ1) is 13.3. The van der Waals surface area contributed by atoms with Crippen LogP contribution in [0.5, 0.6) is 5.75 Å². The van der Waals surface area contributed by atoms with Gasteiger partial charge in [0.1, 0.15) is 5.75 Å². The van der Waals surface area contributed by atoms with Gasteiger partial charge < -0.3 is 15.0 Å². The Hall–Kier alpha value is -2.04. The first-order valence-corrected chi connectivity index (χ1v) is 10.1. The van der Waals surface area contributed by atoms with Crippen LogP contribution in [0.4, 0.5) is 0 Å². The number of benzene rings is 2. The number of carbonyl (C=O) groups excluding carboxylic acids is 1. The molecule has 1 fully saturated rings. The fourth-order valence-electron chi connectivity index (χ4n) is 4.23. The standard InChI is InChI=1S/C23H28N2O2.ClH/c1-2-17-7-9-18(10-8-17)21-16-24-12-13-25(21)23(26)15-19-11-14-27-22-6-4-3-5-20(19)22;/h3-10,19,21,24H,2,11-16H2,1H3;1H. The Balaban J connectivity index is 0.00000225. The van der Waals surface area contributed by atoms with E-state index in [-0.39, 0.29) is 30.3 Å². The molecule has 2 aromatic rings. The summed E-state index contributed by atoms with van der Waals surface area (Å²) in [6.45, 7) is 5.31. The normalized spacial score (nSPS) is 21.2. The van der Waals surface area contributed by atoms with Crippen molar-refractivity contribution in [2.75, 3.05) is 26.2 Å². The minimum atomic E-state index is 0. The number of carbonyl (C=O) groups is 1. The predicted octanol–water partition coefficient (Wildman–Crippen LogP) is 4.10. The molecule has 4 rings (SSSR count). The molecule has 28 heavy (non-hydrogen) atoms. The molecule has 2 aliphatic heterocycles. The van der Waals surface area contributed by atoms with E-state index in [0.29, 0.717) is 13.0 Å². The maximum absolute atomic E-state index is 13.2. The van der Waals surface area contributed by atoms with Crippen molar-refractivity contribution in [1.29, 1.82) is 0 Å². The summed E-state index contributed by atoms with van der Waals surface area (Å²) in [6.07, 6.45) is 2.50. The lowest BCUT2D eigenvalue weighted by Crippen LogP contribution is -2.49. The zero-order valence-electron chi connectivity index (χ0n) is 16.4. The van der Waals surface area contributed by atoms with E-state index >= 15 is 0 Å². The van der Waals surface area contributed by atoms with Gasteiger partial charge in [0, 0.05) is 26.1 Å². The van der Waals surface area contributed by atoms with E-state index in [1.165, 1.54) is 16.7 Å². The van der Waals surface area contributed by atoms with Gasteiger partial charge in [-0.25, -0.2) is 0 Å². The average molecular weight is 401 g/mol. The van der Waals surface area contributed by atoms with Crippen molar-refractivity contribution in [3.63, 3.8) is 0 Å². The molecule has 1 amide bonds. The van der Waals surface area contributed by atoms with Crippen molar-refractivity contribution < 1.29 is 9.53 Å². The summed E-state index contributed by atoms with van der Waals surface area (Å²) in [7, 11) is 0. The monoisotopic (exact) mass is 400 g/mol. The van der Waals surface area contributed by atoms with E-state index in [1.807, 2.05) is 18.2 Å². The lowest BCUT2D eigenvalue weighted by Gasteiger charge is -2.38. The largest absolute Gasteiger partial charge is 0.493 e. The number of para-hydroxylation sites is 1. The van der Waals surface area contributed by atoms with E-state index in [1.54, 1.807) is 0 Å². The summed E-state index contributed by atoms with van der Waals surface area (Å²) < 4.78 is 5.76. The molecule has 1 N–H and O–H groups in total. The molecular formula is C23H29ClN2O2. The number of hydrogen-bond acceptors (Lipinski definition) is 3. The third-order valence-corrected chi connectivity index (χ3v) is 5.84. The number of fused-ring (bicyclic) bond motifs is 1. The second-order valence-corrected chi connectivity index (χ2v) is 7.48. The Morgan fingerprint density at radius 3 is 2.75 bits per heavy atom. The molecule has 2 aliphatic rings. The minimum Gasteiger partial charge on any atom is -0.493 e. The number of nitrogens with zero attached hydrogens (tertiary/aromatic N) is 1. The molecule has 5 heteroatoms. The van der Waals surface area contributed by atoms with Gasteiger partial charge in [-0.3, -0.25) is 4.79 Å². The predicted molar refractivity (Wildman–Crippen MR) is 114 cm³/mol. The molecule has 0 spiro atoms. The van der Waals surface area contributed by atoms with E-state index in [0.717, 1.165) is 38.2 Å². The van der Waals surface area contributed by atoms with Crippen LogP contribution in [0, 0.1) is 0 Å². The van der Waals surface area contributed by atoms with Gasteiger partial charge in [-0.1, -0.05) is 49.4 Å². The number of piperazine rings is 1. The number of halogens is 1. The van der Waals surface area contributed by atoms with Crippen LogP contribution in [0.25, 0.3) is 0 Å². The molecule has 2 heterocycles. The van der Waals surface area contributed by atoms with Gasteiger partial charge in [-0.15, -0.1) is 12.4 Å². The molecule has 0 aromatic heterocycles. The molecule has 4 nitrogen and oxygen atoms in total. The van der Waals surface area contributed by atoms with Crippen LogP contribution in [-0.4, -0.2) is 37.0 Å². The Bertz CT molecular complexity index is 793. The quantitative estimate of drug-likeness (QED) is 0.840. The van der Waals surface area contributed by atoms with Crippen LogP contribution in [0.1, 0.15) is 48.4 Å². The smallest absolute Gasteiger partial charge is 0.223 e. The number of amides is 1. The van der Waals surface area contributed by atoms with E-state index < -0.39 is 0 Å². The summed E-state index contributed by atoms with van der Waals surface area (Å²) in [5, 5.41) is 3.45. The molecule has 0 bridgehead atoms. The van der Waals surface area contributed by atoms with Gasteiger partial charge in [0.15, 0.2) is 0 Å². The van der Waals surface area contributed by atoms with Crippen LogP contribution < -0.4 is 10.1 Å². The van der Waals surface area contributed by atoms with Gasteiger partial charge in [0.2, 0.25) is 5.91 Å². The van der Waals surface area contributed by atoms with Gasteiger partial charge in [0.05, 0.1) is 12.6 Å². The molecule has 0 aliphatic carbocycles. The fourth-order valence-corrected chi connectivity index (χ4v) is 4.23. The molecular weight excluding hydrogens is 372 g/mol. The summed E-state index contributed by atoms with van der Waals surface area (Å²) in [5.41, 5.74) is 3.73. The lowest BCUT2D eigenvalue weighted by molar-refractivity contribution is -0.135. The zero-order chi connectivity index (χ0) is 18.6. The van der Waals surface area contributed by atoms with Gasteiger partial charge >= 0.3 is 0 Å². The summed E-state index contributed by atoms with van der Waals surface area (Å²) in [6, 6.07) is 17.0. The highest BCUT2D eigenvalue weighted by atomic mass is 35.5. The van der Waals surface area contributed by atoms with E-state index in [4.69, 9.17) is 4.74 Å². The van der Waals surface area contributed by atoms with Crippen molar-refractivity contribution in [3.8, 4) is 5.75 Å². The van der Waals surface area contributed by atoms with Crippen molar-refractivity contribution in [2.24, 2.45) is 0 Å². The highest BCUT2D eigenvalue weighted by Gasteiger charge is 2.31. The highest BCUT2D eigenvalue weighted by molar-refractivity contribution is 5.85. The number of hydrogen-bond donors (Lipinski definition) is 1. The number of ether oxygens (including phenoxy) is 1. The van der Waals surface area contributed by atoms with E-state index in [2.05, 4.69) is 47.5 Å². The summed E-state index contributed by atoms with van der Waals surface area (Å²) >= 11 is 0. The van der Waals surface area contributed by atoms with Crippen LogP contribution >= 0.6 is 12.4 Å². The van der Waals surface area contributed by atoms with Crippen LogP contribution in [0.3, 0.4) is 0 Å².